The molecule has 0 bridgehead atoms. The van der Waals surface area contributed by atoms with E-state index in [1.807, 2.05) is 30.3 Å². The van der Waals surface area contributed by atoms with Crippen LogP contribution in [0.1, 0.15) is 61.0 Å². The largest absolute Gasteiger partial charge is 0.457 e. The highest BCUT2D eigenvalue weighted by molar-refractivity contribution is 5.90. The van der Waals surface area contributed by atoms with Crippen molar-refractivity contribution in [2.75, 3.05) is 6.61 Å². The molecule has 184 valence electrons. The van der Waals surface area contributed by atoms with Crippen LogP contribution in [0.25, 0.3) is 0 Å². The summed E-state index contributed by atoms with van der Waals surface area (Å²) < 4.78 is 15.9. The zero-order chi connectivity index (χ0) is 25.4. The summed E-state index contributed by atoms with van der Waals surface area (Å²) in [6.07, 6.45) is -1.76. The molecule has 0 aromatic heterocycles. The topological polar surface area (TPSA) is 108 Å². The number of ketones is 1. The Morgan fingerprint density at radius 2 is 1.52 bits per heavy atom. The Hall–Kier alpha value is -2.90. The maximum absolute atomic E-state index is 13.0. The fourth-order valence-corrected chi connectivity index (χ4v) is 2.71. The molecule has 1 rings (SSSR count). The summed E-state index contributed by atoms with van der Waals surface area (Å²) in [5, 5.41) is 2.54. The van der Waals surface area contributed by atoms with Crippen molar-refractivity contribution in [3.63, 3.8) is 0 Å². The van der Waals surface area contributed by atoms with E-state index in [9.17, 15) is 19.2 Å². The SMILES string of the molecule is CC(C)C(OC(=O)[C@H](Cc1ccccc1)NC(=O)OC(C)(C)C)C(=O)COC(=O)C(C)(C)C. The lowest BCUT2D eigenvalue weighted by atomic mass is 9.97. The highest BCUT2D eigenvalue weighted by Gasteiger charge is 2.33. The summed E-state index contributed by atoms with van der Waals surface area (Å²) in [6, 6.07) is 8.02. The van der Waals surface area contributed by atoms with Gasteiger partial charge in [-0.3, -0.25) is 9.59 Å². The number of alkyl carbamates (subject to hydrolysis) is 1. The van der Waals surface area contributed by atoms with Gasteiger partial charge < -0.3 is 19.5 Å². The molecule has 33 heavy (non-hydrogen) atoms. The van der Waals surface area contributed by atoms with E-state index in [1.54, 1.807) is 55.4 Å². The lowest BCUT2D eigenvalue weighted by Gasteiger charge is -2.26. The van der Waals surface area contributed by atoms with Gasteiger partial charge in [0.05, 0.1) is 5.41 Å². The third kappa shape index (κ3) is 10.5. The number of hydrogen-bond acceptors (Lipinski definition) is 7. The Balaban J connectivity index is 2.96. The van der Waals surface area contributed by atoms with Gasteiger partial charge in [-0.25, -0.2) is 9.59 Å². The third-order valence-corrected chi connectivity index (χ3v) is 4.38. The average Bonchev–Trinajstić information content (AvgIpc) is 2.67. The number of carbonyl (C=O) groups is 4. The van der Waals surface area contributed by atoms with Crippen LogP contribution < -0.4 is 5.32 Å². The van der Waals surface area contributed by atoms with Crippen molar-refractivity contribution in [2.24, 2.45) is 11.3 Å². The molecular weight excluding hydrogens is 426 g/mol. The second-order valence-electron chi connectivity index (χ2n) is 10.3. The van der Waals surface area contributed by atoms with Crippen molar-refractivity contribution in [2.45, 2.75) is 79.6 Å². The molecule has 0 spiro atoms. The van der Waals surface area contributed by atoms with Crippen LogP contribution in [-0.4, -0.2) is 48.2 Å². The monoisotopic (exact) mass is 463 g/mol. The van der Waals surface area contributed by atoms with Crippen LogP contribution in [0.4, 0.5) is 4.79 Å². The number of hydrogen-bond donors (Lipinski definition) is 1. The molecule has 0 saturated carbocycles. The standard InChI is InChI=1S/C25H37NO7/c1-16(2)20(19(27)15-31-22(29)24(3,4)5)32-21(28)18(14-17-12-10-9-11-13-17)26-23(30)33-25(6,7)8/h9-13,16,18,20H,14-15H2,1-8H3,(H,26,30)/t18-,20?/m0/s1. The molecule has 0 aliphatic rings. The number of nitrogens with one attached hydrogen (secondary N) is 1. The first-order valence-electron chi connectivity index (χ1n) is 11.0. The summed E-state index contributed by atoms with van der Waals surface area (Å²) in [7, 11) is 0. The molecule has 1 amide bonds. The van der Waals surface area contributed by atoms with Crippen LogP contribution in [-0.2, 0) is 35.0 Å². The number of esters is 2. The van der Waals surface area contributed by atoms with Crippen molar-refractivity contribution in [1.82, 2.24) is 5.32 Å². The number of amides is 1. The third-order valence-electron chi connectivity index (χ3n) is 4.38. The lowest BCUT2D eigenvalue weighted by molar-refractivity contribution is -0.165. The molecule has 0 saturated heterocycles. The van der Waals surface area contributed by atoms with E-state index < -0.39 is 53.6 Å². The summed E-state index contributed by atoms with van der Waals surface area (Å²) in [5.74, 6) is -2.21. The summed E-state index contributed by atoms with van der Waals surface area (Å²) in [6.45, 7) is 13.1. The molecule has 1 N–H and O–H groups in total. The van der Waals surface area contributed by atoms with Crippen LogP contribution in [0.5, 0.6) is 0 Å². The van der Waals surface area contributed by atoms with E-state index >= 15 is 0 Å². The van der Waals surface area contributed by atoms with Crippen molar-refractivity contribution in [1.29, 1.82) is 0 Å². The zero-order valence-corrected chi connectivity index (χ0v) is 20.9. The molecular formula is C25H37NO7. The smallest absolute Gasteiger partial charge is 0.408 e. The van der Waals surface area contributed by atoms with Gasteiger partial charge in [-0.2, -0.15) is 0 Å². The summed E-state index contributed by atoms with van der Waals surface area (Å²) in [5.41, 5.74) is -0.719. The normalized spacial score (nSPS) is 13.6. The Kier molecular flexibility index (Phi) is 10.1. The van der Waals surface area contributed by atoms with Gasteiger partial charge in [0, 0.05) is 6.42 Å². The van der Waals surface area contributed by atoms with Crippen LogP contribution >= 0.6 is 0 Å². The number of Topliss-reactive ketones (excluding diaryl/α,β-unsaturated/α-hetero) is 1. The van der Waals surface area contributed by atoms with Gasteiger partial charge in [0.2, 0.25) is 5.78 Å². The zero-order valence-electron chi connectivity index (χ0n) is 20.9. The van der Waals surface area contributed by atoms with E-state index in [1.165, 1.54) is 0 Å². The Morgan fingerprint density at radius 1 is 0.939 bits per heavy atom. The molecule has 0 fully saturated rings. The van der Waals surface area contributed by atoms with E-state index in [0.29, 0.717) is 0 Å². The average molecular weight is 464 g/mol. The van der Waals surface area contributed by atoms with E-state index in [0.717, 1.165) is 5.56 Å². The van der Waals surface area contributed by atoms with Crippen molar-refractivity contribution in [3.8, 4) is 0 Å². The first kappa shape index (κ1) is 28.1. The second kappa shape index (κ2) is 11.8. The summed E-state index contributed by atoms with van der Waals surface area (Å²) >= 11 is 0. The Morgan fingerprint density at radius 3 is 2.00 bits per heavy atom. The first-order chi connectivity index (χ1) is 15.1. The number of carbonyl (C=O) groups excluding carboxylic acids is 4. The quantitative estimate of drug-likeness (QED) is 0.438. The molecule has 0 radical (unpaired) electrons. The Bertz CT molecular complexity index is 819. The minimum absolute atomic E-state index is 0.150. The fourth-order valence-electron chi connectivity index (χ4n) is 2.71. The second-order valence-corrected chi connectivity index (χ2v) is 10.3. The van der Waals surface area contributed by atoms with Crippen molar-refractivity contribution < 1.29 is 33.4 Å². The van der Waals surface area contributed by atoms with Crippen LogP contribution in [0.2, 0.25) is 0 Å². The Labute approximate surface area is 196 Å². The lowest BCUT2D eigenvalue weighted by Crippen LogP contribution is -2.48. The van der Waals surface area contributed by atoms with E-state index in [-0.39, 0.29) is 12.3 Å². The van der Waals surface area contributed by atoms with Crippen molar-refractivity contribution in [3.05, 3.63) is 35.9 Å². The highest BCUT2D eigenvalue weighted by atomic mass is 16.6. The number of rotatable bonds is 9. The molecule has 1 aromatic carbocycles. The van der Waals surface area contributed by atoms with Crippen molar-refractivity contribution >= 4 is 23.8 Å². The van der Waals surface area contributed by atoms with Gasteiger partial charge in [-0.15, -0.1) is 0 Å². The minimum Gasteiger partial charge on any atom is -0.457 e. The van der Waals surface area contributed by atoms with Gasteiger partial charge in [-0.1, -0.05) is 44.2 Å². The molecule has 1 aromatic rings. The number of benzene rings is 1. The molecule has 0 heterocycles. The molecule has 8 heteroatoms. The highest BCUT2D eigenvalue weighted by Crippen LogP contribution is 2.17. The fraction of sp³-hybridized carbons (Fsp3) is 0.600. The summed E-state index contributed by atoms with van der Waals surface area (Å²) in [4.78, 5) is 50.0. The predicted octanol–water partition coefficient (Wildman–Crippen LogP) is 3.85. The van der Waals surface area contributed by atoms with Gasteiger partial charge in [0.15, 0.2) is 12.7 Å². The van der Waals surface area contributed by atoms with Crippen LogP contribution in [0, 0.1) is 11.3 Å². The molecule has 2 atom stereocenters. The van der Waals surface area contributed by atoms with Crippen LogP contribution in [0.15, 0.2) is 30.3 Å². The number of ether oxygens (including phenoxy) is 3. The van der Waals surface area contributed by atoms with E-state index in [2.05, 4.69) is 5.32 Å². The van der Waals surface area contributed by atoms with Gasteiger partial charge >= 0.3 is 18.0 Å². The molecule has 0 aliphatic heterocycles. The molecule has 0 aliphatic carbocycles. The maximum Gasteiger partial charge on any atom is 0.408 e. The van der Waals surface area contributed by atoms with Gasteiger partial charge in [-0.05, 0) is 53.0 Å². The van der Waals surface area contributed by atoms with E-state index in [4.69, 9.17) is 14.2 Å². The van der Waals surface area contributed by atoms with Crippen LogP contribution in [0.3, 0.4) is 0 Å². The molecule has 1 unspecified atom stereocenters. The molecule has 8 nitrogen and oxygen atoms in total. The first-order valence-corrected chi connectivity index (χ1v) is 11.0. The minimum atomic E-state index is -1.14. The van der Waals surface area contributed by atoms with Gasteiger partial charge in [0.25, 0.3) is 0 Å². The van der Waals surface area contributed by atoms with Gasteiger partial charge in [0.1, 0.15) is 11.6 Å². The maximum atomic E-state index is 13.0. The predicted molar refractivity (Wildman–Crippen MR) is 123 cm³/mol.